The summed E-state index contributed by atoms with van der Waals surface area (Å²) in [6, 6.07) is 11.8. The van der Waals surface area contributed by atoms with E-state index in [0.29, 0.717) is 27.6 Å². The molecule has 1 aliphatic heterocycles. The molecule has 8 rings (SSSR count). The van der Waals surface area contributed by atoms with Crippen LogP contribution in [0.25, 0.3) is 10.9 Å². The third kappa shape index (κ3) is 6.23. The summed E-state index contributed by atoms with van der Waals surface area (Å²) < 4.78 is 117. The number of carbonyl (C=O) groups excluding carboxylic acids is 1. The fourth-order valence-electron chi connectivity index (χ4n) is 7.61. The van der Waals surface area contributed by atoms with Crippen LogP contribution in [0.4, 0.5) is 43.5 Å². The van der Waals surface area contributed by atoms with Gasteiger partial charge in [0.25, 0.3) is 12.3 Å². The molecule has 3 aliphatic rings. The van der Waals surface area contributed by atoms with Crippen LogP contribution in [0, 0.1) is 17.6 Å². The summed E-state index contributed by atoms with van der Waals surface area (Å²) in [5, 5.41) is 11.3. The standard InChI is InChI=1S/C35H29ClF6N8O3S/c1-48-30-25(8-7-22(36)28(30)33(46-48)47-54(2,52)53)49-14-17-5-3-4-6-23(17)44-34(49)24(11-16-9-18(37)12-19(38)10-16)43-26(51)15-50-31-27(29(45-50)32(39)40)20-13-21(20)35(31,41)42/h3-10,12,20-21,24,32H,11,13-15H2,1-2H3,(H,43,51)(H,46,47)/t20-,21+,24-/m0/s1. The number of amides is 1. The molecule has 1 amide bonds. The Morgan fingerprint density at radius 3 is 2.50 bits per heavy atom. The van der Waals surface area contributed by atoms with Crippen LogP contribution in [-0.2, 0) is 47.3 Å². The molecule has 0 bridgehead atoms. The van der Waals surface area contributed by atoms with E-state index in [9.17, 15) is 30.8 Å². The van der Waals surface area contributed by atoms with Crippen molar-refractivity contribution in [3.05, 3.63) is 99.3 Å². The highest BCUT2D eigenvalue weighted by Gasteiger charge is 2.67. The summed E-state index contributed by atoms with van der Waals surface area (Å²) in [5.41, 5.74) is 0.343. The van der Waals surface area contributed by atoms with E-state index in [4.69, 9.17) is 16.6 Å². The fraction of sp³-hybridized carbons (Fsp3) is 0.314. The molecule has 3 heterocycles. The van der Waals surface area contributed by atoms with Gasteiger partial charge in [-0.3, -0.25) is 18.9 Å². The molecular formula is C35H29ClF6N8O3S. The largest absolute Gasteiger partial charge is 0.344 e. The molecule has 0 radical (unpaired) electrons. The molecule has 2 N–H and O–H groups in total. The molecule has 282 valence electrons. The molecule has 54 heavy (non-hydrogen) atoms. The number of amidine groups is 1. The van der Waals surface area contributed by atoms with Crippen molar-refractivity contribution in [1.82, 2.24) is 24.9 Å². The number of rotatable bonds is 10. The molecule has 3 aromatic carbocycles. The zero-order valence-corrected chi connectivity index (χ0v) is 29.9. The van der Waals surface area contributed by atoms with Crippen molar-refractivity contribution >= 4 is 61.5 Å². The quantitative estimate of drug-likeness (QED) is 0.152. The number of fused-ring (bicyclic) bond motifs is 5. The van der Waals surface area contributed by atoms with Gasteiger partial charge in [-0.25, -0.2) is 31.0 Å². The van der Waals surface area contributed by atoms with Crippen LogP contribution >= 0.6 is 11.6 Å². The zero-order chi connectivity index (χ0) is 38.4. The van der Waals surface area contributed by atoms with Crippen LogP contribution in [0.15, 0.2) is 59.6 Å². The molecule has 1 fully saturated rings. The minimum atomic E-state index is -3.80. The number of hydrogen-bond acceptors (Lipinski definition) is 7. The number of nitrogens with one attached hydrogen (secondary N) is 2. The van der Waals surface area contributed by atoms with Crippen molar-refractivity contribution in [2.75, 3.05) is 15.9 Å². The molecule has 11 nitrogen and oxygen atoms in total. The monoisotopic (exact) mass is 790 g/mol. The van der Waals surface area contributed by atoms with Gasteiger partial charge in [-0.05, 0) is 53.8 Å². The Bertz CT molecular complexity index is 2500. The van der Waals surface area contributed by atoms with Gasteiger partial charge < -0.3 is 10.2 Å². The van der Waals surface area contributed by atoms with Gasteiger partial charge in [0, 0.05) is 31.0 Å². The highest BCUT2D eigenvalue weighted by atomic mass is 35.5. The first kappa shape index (κ1) is 35.9. The number of alkyl halides is 4. The molecule has 3 atom stereocenters. The molecule has 19 heteroatoms. The van der Waals surface area contributed by atoms with Gasteiger partial charge >= 0.3 is 0 Å². The lowest BCUT2D eigenvalue weighted by molar-refractivity contribution is -0.122. The lowest BCUT2D eigenvalue weighted by Gasteiger charge is -2.35. The average molecular weight is 791 g/mol. The van der Waals surface area contributed by atoms with E-state index in [1.54, 1.807) is 36.2 Å². The second-order valence-electron chi connectivity index (χ2n) is 13.6. The first-order chi connectivity index (χ1) is 25.5. The number of sulfonamides is 1. The van der Waals surface area contributed by atoms with Crippen LogP contribution in [-0.4, -0.2) is 52.0 Å². The Morgan fingerprint density at radius 2 is 1.80 bits per heavy atom. The van der Waals surface area contributed by atoms with E-state index in [2.05, 4.69) is 20.2 Å². The molecule has 2 aliphatic carbocycles. The molecule has 0 spiro atoms. The highest BCUT2D eigenvalue weighted by Crippen LogP contribution is 2.68. The van der Waals surface area contributed by atoms with E-state index in [1.165, 1.54) is 10.7 Å². The second kappa shape index (κ2) is 12.8. The molecular weight excluding hydrogens is 762 g/mol. The zero-order valence-electron chi connectivity index (χ0n) is 28.3. The first-order valence-corrected chi connectivity index (χ1v) is 18.9. The minimum Gasteiger partial charge on any atom is -0.344 e. The molecule has 0 unspecified atom stereocenters. The molecule has 1 saturated carbocycles. The van der Waals surface area contributed by atoms with Crippen LogP contribution in [0.3, 0.4) is 0 Å². The predicted octanol–water partition coefficient (Wildman–Crippen LogP) is 6.70. The summed E-state index contributed by atoms with van der Waals surface area (Å²) in [6.45, 7) is -0.746. The number of halogens is 7. The number of anilines is 2. The fourth-order valence-corrected chi connectivity index (χ4v) is 8.35. The van der Waals surface area contributed by atoms with E-state index in [-0.39, 0.29) is 52.6 Å². The lowest BCUT2D eigenvalue weighted by Crippen LogP contribution is -2.51. The number of para-hydroxylation sites is 1. The second-order valence-corrected chi connectivity index (χ2v) is 15.8. The smallest absolute Gasteiger partial charge is 0.293 e. The third-order valence-electron chi connectivity index (χ3n) is 9.79. The topological polar surface area (TPSA) is 127 Å². The van der Waals surface area contributed by atoms with Crippen LogP contribution in [0.2, 0.25) is 5.02 Å². The van der Waals surface area contributed by atoms with Crippen LogP contribution in [0.5, 0.6) is 0 Å². The molecule has 0 saturated heterocycles. The third-order valence-corrected chi connectivity index (χ3v) is 10.7. The van der Waals surface area contributed by atoms with E-state index >= 15 is 8.78 Å². The molecule has 2 aromatic heterocycles. The molecule has 5 aromatic rings. The summed E-state index contributed by atoms with van der Waals surface area (Å²) in [6.07, 6.45) is -2.41. The summed E-state index contributed by atoms with van der Waals surface area (Å²) in [4.78, 5) is 20.5. The van der Waals surface area contributed by atoms with Gasteiger partial charge in [-0.15, -0.1) is 0 Å². The normalized spacial score (nSPS) is 19.0. The predicted molar refractivity (Wildman–Crippen MR) is 188 cm³/mol. The van der Waals surface area contributed by atoms with Gasteiger partial charge in [0.15, 0.2) is 5.82 Å². The number of aliphatic imine (C=N–C) groups is 1. The van der Waals surface area contributed by atoms with Gasteiger partial charge in [0.05, 0.1) is 46.1 Å². The number of aryl methyl sites for hydroxylation is 1. The average Bonchev–Trinajstić information content (AvgIpc) is 3.62. The first-order valence-electron chi connectivity index (χ1n) is 16.6. The summed E-state index contributed by atoms with van der Waals surface area (Å²) >= 11 is 6.60. The lowest BCUT2D eigenvalue weighted by atomic mass is 10.0. The maximum absolute atomic E-state index is 15.3. The SMILES string of the molecule is Cn1nc(NS(C)(=O)=O)c2c(Cl)ccc(N3Cc4ccccc4N=C3[C@H](Cc3cc(F)cc(F)c3)NC(=O)Cn3nc(C(F)F)c4c3C(F)(F)[C@@H]3C[C@H]43)c21. The summed E-state index contributed by atoms with van der Waals surface area (Å²) in [5.74, 6) is -8.00. The Labute approximate surface area is 308 Å². The van der Waals surface area contributed by atoms with Crippen LogP contribution < -0.4 is 14.9 Å². The highest BCUT2D eigenvalue weighted by molar-refractivity contribution is 7.92. The van der Waals surface area contributed by atoms with E-state index < -0.39 is 75.7 Å². The van der Waals surface area contributed by atoms with E-state index in [1.807, 2.05) is 6.07 Å². The Balaban J connectivity index is 1.24. The summed E-state index contributed by atoms with van der Waals surface area (Å²) in [7, 11) is -2.23. The number of aromatic nitrogens is 4. The van der Waals surface area contributed by atoms with Crippen molar-refractivity contribution < 1.29 is 39.6 Å². The van der Waals surface area contributed by atoms with Gasteiger partial charge in [0.1, 0.15) is 35.4 Å². The van der Waals surface area contributed by atoms with Crippen molar-refractivity contribution in [3.63, 3.8) is 0 Å². The number of carbonyl (C=O) groups is 1. The Hall–Kier alpha value is -5.10. The maximum Gasteiger partial charge on any atom is 0.293 e. The number of hydrogen-bond donors (Lipinski definition) is 2. The van der Waals surface area contributed by atoms with Crippen molar-refractivity contribution in [1.29, 1.82) is 0 Å². The van der Waals surface area contributed by atoms with Crippen molar-refractivity contribution in [3.8, 4) is 0 Å². The van der Waals surface area contributed by atoms with Crippen molar-refractivity contribution in [2.24, 2.45) is 18.0 Å². The number of nitrogens with zero attached hydrogens (tertiary/aromatic N) is 6. The van der Waals surface area contributed by atoms with Gasteiger partial charge in [-0.1, -0.05) is 29.8 Å². The number of benzene rings is 3. The Morgan fingerprint density at radius 1 is 1.07 bits per heavy atom. The van der Waals surface area contributed by atoms with E-state index in [0.717, 1.165) is 24.0 Å². The van der Waals surface area contributed by atoms with Gasteiger partial charge in [0.2, 0.25) is 15.9 Å². The van der Waals surface area contributed by atoms with Crippen LogP contribution in [0.1, 0.15) is 46.8 Å². The Kier molecular flexibility index (Phi) is 8.48. The van der Waals surface area contributed by atoms with Gasteiger partial charge in [-0.2, -0.15) is 19.0 Å². The maximum atomic E-state index is 15.3. The minimum absolute atomic E-state index is 0.0431. The van der Waals surface area contributed by atoms with Crippen molar-refractivity contribution in [2.45, 2.75) is 50.2 Å².